The number of aliphatic imine (C=N–C) groups is 1. The number of guanidine groups is 1. The summed E-state index contributed by atoms with van der Waals surface area (Å²) in [5, 5.41) is 27.2. The summed E-state index contributed by atoms with van der Waals surface area (Å²) >= 11 is 7.86. The van der Waals surface area contributed by atoms with Gasteiger partial charge in [-0.15, -0.1) is 0 Å². The Balaban J connectivity index is 0. The van der Waals surface area contributed by atoms with Gasteiger partial charge in [0.2, 0.25) is 35.4 Å². The number of carbonyl (C=O) groups excluding carboxylic acids is 6. The summed E-state index contributed by atoms with van der Waals surface area (Å²) in [5.41, 5.74) is 21.2. The highest BCUT2D eigenvalue weighted by atomic mass is 32.1. The number of halogens is 3. The van der Waals surface area contributed by atoms with Gasteiger partial charge in [-0.25, -0.2) is 4.79 Å². The second-order valence-electron chi connectivity index (χ2n) is 8.97. The van der Waals surface area contributed by atoms with Gasteiger partial charge in [0.1, 0.15) is 24.7 Å². The van der Waals surface area contributed by atoms with E-state index in [0.29, 0.717) is 0 Å². The fourth-order valence-corrected chi connectivity index (χ4v) is 3.26. The molecule has 0 saturated carbocycles. The first-order chi connectivity index (χ1) is 21.7. The van der Waals surface area contributed by atoms with Crippen LogP contribution < -0.4 is 49.5 Å². The van der Waals surface area contributed by atoms with Crippen LogP contribution in [-0.4, -0.2) is 125 Å². The van der Waals surface area contributed by atoms with Gasteiger partial charge in [-0.2, -0.15) is 38.4 Å². The van der Waals surface area contributed by atoms with E-state index in [1.54, 1.807) is 0 Å². The molecule has 6 amide bonds. The van der Waals surface area contributed by atoms with E-state index in [1.165, 1.54) is 0 Å². The third-order valence-corrected chi connectivity index (χ3v) is 5.82. The van der Waals surface area contributed by atoms with E-state index in [4.69, 9.17) is 37.9 Å². The number of rotatable bonds is 19. The standard InChI is InChI=1S/C20H36N10O8S2.C2HF3O2/c21-9(7-39)16(35)29-11(4-13(22)31)17(36)26-5-14(32)28-10(2-1-3-25-20(23)24)19(38)30-12(8-40)18(37)27-6-15(33)34;3-2(4,5)1(6)7/h9-12,39-40H,1-8,21H2,(H2,22,31)(H,26,36)(H,27,37)(H,28,32)(H,29,35)(H,30,38)(H,33,34)(H4,23,24,25);(H,6,7). The summed E-state index contributed by atoms with van der Waals surface area (Å²) in [5.74, 6) is -9.55. The number of nitrogens with zero attached hydrogens (tertiary/aromatic N) is 1. The largest absolute Gasteiger partial charge is 0.490 e. The van der Waals surface area contributed by atoms with Gasteiger partial charge < -0.3 is 59.7 Å². The van der Waals surface area contributed by atoms with Crippen molar-refractivity contribution in [3.05, 3.63) is 0 Å². The van der Waals surface area contributed by atoms with E-state index in [0.717, 1.165) is 0 Å². The molecule has 0 aromatic carbocycles. The molecule has 0 aliphatic heterocycles. The minimum Gasteiger partial charge on any atom is -0.480 e. The average Bonchev–Trinajstić information content (AvgIpc) is 2.97. The van der Waals surface area contributed by atoms with Gasteiger partial charge in [0.05, 0.1) is 19.0 Å². The van der Waals surface area contributed by atoms with E-state index in [9.17, 15) is 46.7 Å². The van der Waals surface area contributed by atoms with Crippen molar-refractivity contribution in [2.45, 2.75) is 49.6 Å². The van der Waals surface area contributed by atoms with Crippen molar-refractivity contribution in [1.82, 2.24) is 26.6 Å². The number of hydrogen-bond acceptors (Lipinski definition) is 12. The lowest BCUT2D eigenvalue weighted by Crippen LogP contribution is -2.57. The predicted molar refractivity (Wildman–Crippen MR) is 163 cm³/mol. The number of aliphatic carboxylic acids is 2. The van der Waals surface area contributed by atoms with Crippen molar-refractivity contribution in [3.8, 4) is 0 Å². The van der Waals surface area contributed by atoms with Crippen LogP contribution >= 0.6 is 25.3 Å². The maximum atomic E-state index is 12.9. The van der Waals surface area contributed by atoms with Crippen molar-refractivity contribution in [2.24, 2.45) is 27.9 Å². The molecule has 0 aliphatic carbocycles. The molecule has 0 spiro atoms. The highest BCUT2D eigenvalue weighted by Crippen LogP contribution is 2.13. The van der Waals surface area contributed by atoms with Crippen LogP contribution in [0.4, 0.5) is 13.2 Å². The fourth-order valence-electron chi connectivity index (χ4n) is 2.83. The molecule has 0 aromatic heterocycles. The number of nitrogens with one attached hydrogen (secondary N) is 5. The van der Waals surface area contributed by atoms with Crippen molar-refractivity contribution in [3.63, 3.8) is 0 Å². The third kappa shape index (κ3) is 21.8. The number of carboxylic acids is 2. The monoisotopic (exact) mass is 722 g/mol. The molecule has 47 heavy (non-hydrogen) atoms. The molecule has 0 bridgehead atoms. The van der Waals surface area contributed by atoms with Gasteiger partial charge in [-0.3, -0.25) is 38.6 Å². The maximum Gasteiger partial charge on any atom is 0.490 e. The number of nitrogens with two attached hydrogens (primary N) is 4. The lowest BCUT2D eigenvalue weighted by molar-refractivity contribution is -0.192. The summed E-state index contributed by atoms with van der Waals surface area (Å²) in [7, 11) is 0. The fraction of sp³-hybridized carbons (Fsp3) is 0.591. The van der Waals surface area contributed by atoms with Crippen molar-refractivity contribution >= 4 is 78.6 Å². The van der Waals surface area contributed by atoms with Gasteiger partial charge in [0.15, 0.2) is 5.96 Å². The highest BCUT2D eigenvalue weighted by molar-refractivity contribution is 7.80. The molecular formula is C22H37F3N10O10S2. The topological polar surface area (TPSA) is 354 Å². The molecule has 25 heteroatoms. The summed E-state index contributed by atoms with van der Waals surface area (Å²) < 4.78 is 31.7. The van der Waals surface area contributed by atoms with Crippen LogP contribution in [0.5, 0.6) is 0 Å². The number of amides is 6. The number of primary amides is 1. The minimum atomic E-state index is -5.08. The SMILES string of the molecule is NC(=O)CC(NC(=O)C(N)CS)C(=O)NCC(=O)NC(CCCN=C(N)N)C(=O)NC(CS)C(=O)NCC(=O)O.O=C(O)C(F)(F)F. The molecule has 0 aliphatic rings. The third-order valence-electron chi connectivity index (χ3n) is 5.06. The number of hydrogen-bond donors (Lipinski definition) is 13. The quantitative estimate of drug-likeness (QED) is 0.0256. The second-order valence-corrected chi connectivity index (χ2v) is 9.70. The molecule has 15 N–H and O–H groups in total. The number of carbonyl (C=O) groups is 8. The Bertz CT molecular complexity index is 1160. The zero-order valence-corrected chi connectivity index (χ0v) is 26.2. The Kier molecular flexibility index (Phi) is 21.7. The molecule has 4 atom stereocenters. The normalized spacial score (nSPS) is 13.1. The molecule has 0 saturated heterocycles. The van der Waals surface area contributed by atoms with Crippen molar-refractivity contribution < 1.29 is 61.7 Å². The second kappa shape index (κ2) is 22.9. The Hall–Kier alpha value is -4.52. The van der Waals surface area contributed by atoms with Crippen LogP contribution in [0.1, 0.15) is 19.3 Å². The lowest BCUT2D eigenvalue weighted by Gasteiger charge is -2.22. The van der Waals surface area contributed by atoms with Crippen LogP contribution in [-0.2, 0) is 38.4 Å². The summed E-state index contributed by atoms with van der Waals surface area (Å²) in [6.45, 7) is -1.25. The maximum absolute atomic E-state index is 12.9. The summed E-state index contributed by atoms with van der Waals surface area (Å²) in [6.07, 6.45) is -5.44. The van der Waals surface area contributed by atoms with E-state index in [1.807, 2.05) is 0 Å². The smallest absolute Gasteiger partial charge is 0.480 e. The Morgan fingerprint density at radius 1 is 0.745 bits per heavy atom. The van der Waals surface area contributed by atoms with Crippen LogP contribution in [0.2, 0.25) is 0 Å². The molecule has 0 fully saturated rings. The molecule has 268 valence electrons. The molecular weight excluding hydrogens is 685 g/mol. The van der Waals surface area contributed by atoms with Crippen molar-refractivity contribution in [2.75, 3.05) is 31.1 Å². The van der Waals surface area contributed by atoms with Crippen LogP contribution in [0.25, 0.3) is 0 Å². The minimum absolute atomic E-state index is 0.000308. The first kappa shape index (κ1) is 44.6. The Labute approximate surface area is 275 Å². The van der Waals surface area contributed by atoms with E-state index in [-0.39, 0.29) is 36.9 Å². The van der Waals surface area contributed by atoms with E-state index < -0.39 is 97.2 Å². The molecule has 0 rings (SSSR count). The Morgan fingerprint density at radius 3 is 1.70 bits per heavy atom. The number of thiol groups is 2. The Morgan fingerprint density at radius 2 is 1.26 bits per heavy atom. The molecule has 4 unspecified atom stereocenters. The molecule has 0 heterocycles. The van der Waals surface area contributed by atoms with Crippen LogP contribution in [0.15, 0.2) is 4.99 Å². The van der Waals surface area contributed by atoms with E-state index >= 15 is 0 Å². The van der Waals surface area contributed by atoms with Gasteiger partial charge in [0, 0.05) is 18.1 Å². The van der Waals surface area contributed by atoms with Gasteiger partial charge in [-0.05, 0) is 12.8 Å². The van der Waals surface area contributed by atoms with Crippen LogP contribution in [0, 0.1) is 0 Å². The first-order valence-electron chi connectivity index (χ1n) is 12.9. The summed E-state index contributed by atoms with van der Waals surface area (Å²) in [6, 6.07) is -4.96. The first-order valence-corrected chi connectivity index (χ1v) is 14.2. The van der Waals surface area contributed by atoms with Gasteiger partial charge >= 0.3 is 18.1 Å². The zero-order valence-electron chi connectivity index (χ0n) is 24.4. The molecule has 20 nitrogen and oxygen atoms in total. The predicted octanol–water partition coefficient (Wildman–Crippen LogP) is -5.49. The van der Waals surface area contributed by atoms with E-state index in [2.05, 4.69) is 56.8 Å². The highest BCUT2D eigenvalue weighted by Gasteiger charge is 2.38. The average molecular weight is 723 g/mol. The number of carboxylic acid groups (broad SMARTS) is 2. The van der Waals surface area contributed by atoms with Crippen molar-refractivity contribution in [1.29, 1.82) is 0 Å². The molecule has 0 aromatic rings. The molecule has 0 radical (unpaired) electrons. The summed E-state index contributed by atoms with van der Waals surface area (Å²) in [4.78, 5) is 96.8. The van der Waals surface area contributed by atoms with Gasteiger partial charge in [0.25, 0.3) is 0 Å². The zero-order chi connectivity index (χ0) is 36.9. The van der Waals surface area contributed by atoms with Gasteiger partial charge in [-0.1, -0.05) is 0 Å². The number of alkyl halides is 3. The lowest BCUT2D eigenvalue weighted by atomic mass is 10.1. The van der Waals surface area contributed by atoms with Crippen LogP contribution in [0.3, 0.4) is 0 Å².